The average molecular weight is 282 g/mol. The Kier molecular flexibility index (Phi) is 8.31. The molecule has 0 aromatic rings. The van der Waals surface area contributed by atoms with Crippen LogP contribution in [0.2, 0.25) is 0 Å². The lowest BCUT2D eigenvalue weighted by atomic mass is 10.1. The minimum atomic E-state index is -1.50. The van der Waals surface area contributed by atoms with E-state index in [1.807, 2.05) is 0 Å². The third-order valence-corrected chi connectivity index (χ3v) is 2.94. The summed E-state index contributed by atoms with van der Waals surface area (Å²) >= 11 is 3.38. The van der Waals surface area contributed by atoms with Crippen LogP contribution in [0.1, 0.15) is 38.5 Å². The Bertz CT molecular complexity index is 216. The molecule has 0 bridgehead atoms. The van der Waals surface area contributed by atoms with Crippen LogP contribution in [-0.2, 0) is 0 Å². The average Bonchev–Trinajstić information content (AvgIpc) is 2.21. The fourth-order valence-corrected chi connectivity index (χ4v) is 1.81. The quantitative estimate of drug-likeness (QED) is 0.528. The number of halogens is 1. The number of rotatable bonds is 0. The van der Waals surface area contributed by atoms with Gasteiger partial charge < -0.3 is 10.3 Å². The van der Waals surface area contributed by atoms with Gasteiger partial charge in [0.2, 0.25) is 0 Å². The number of allylic oxidation sites excluding steroid dienone is 1. The van der Waals surface area contributed by atoms with Gasteiger partial charge in [-0.15, -0.1) is 10.1 Å². The van der Waals surface area contributed by atoms with Gasteiger partial charge >= 0.3 is 0 Å². The van der Waals surface area contributed by atoms with Crippen molar-refractivity contribution in [2.24, 2.45) is 0 Å². The summed E-state index contributed by atoms with van der Waals surface area (Å²) in [7, 11) is 0. The predicted molar refractivity (Wildman–Crippen MR) is 59.5 cm³/mol. The highest BCUT2D eigenvalue weighted by atomic mass is 79.9. The van der Waals surface area contributed by atoms with Gasteiger partial charge in [-0.3, -0.25) is 0 Å². The Morgan fingerprint density at radius 2 is 1.93 bits per heavy atom. The van der Waals surface area contributed by atoms with Gasteiger partial charge in [-0.1, -0.05) is 41.3 Å². The second-order valence-corrected chi connectivity index (χ2v) is 4.25. The highest BCUT2D eigenvalue weighted by Crippen LogP contribution is 2.21. The molecule has 88 valence electrons. The zero-order valence-electron chi connectivity index (χ0n) is 8.43. The molecule has 0 fully saturated rings. The molecule has 0 saturated heterocycles. The Morgan fingerprint density at radius 1 is 1.40 bits per heavy atom. The van der Waals surface area contributed by atoms with Crippen molar-refractivity contribution in [3.05, 3.63) is 20.7 Å². The lowest BCUT2D eigenvalue weighted by Gasteiger charge is -2.07. The van der Waals surface area contributed by atoms with E-state index in [4.69, 9.17) is 15.3 Å². The monoisotopic (exact) mass is 281 g/mol. The van der Waals surface area contributed by atoms with Gasteiger partial charge in [0, 0.05) is 4.48 Å². The first-order chi connectivity index (χ1) is 7.04. The summed E-state index contributed by atoms with van der Waals surface area (Å²) in [6, 6.07) is 0. The molecule has 1 atom stereocenters. The van der Waals surface area contributed by atoms with Crippen LogP contribution in [0.3, 0.4) is 0 Å². The molecule has 0 aliphatic heterocycles. The molecule has 0 spiro atoms. The van der Waals surface area contributed by atoms with Gasteiger partial charge in [-0.25, -0.2) is 0 Å². The minimum absolute atomic E-state index is 0.243. The summed E-state index contributed by atoms with van der Waals surface area (Å²) in [5.74, 6) is 0. The third-order valence-electron chi connectivity index (χ3n) is 2.09. The van der Waals surface area contributed by atoms with Crippen molar-refractivity contribution < 1.29 is 15.4 Å². The maximum absolute atomic E-state index is 9.49. The summed E-state index contributed by atoms with van der Waals surface area (Å²) < 4.78 is 0.986. The van der Waals surface area contributed by atoms with Crippen LogP contribution >= 0.6 is 15.9 Å². The van der Waals surface area contributed by atoms with Gasteiger partial charge in [0.1, 0.15) is 0 Å². The zero-order chi connectivity index (χ0) is 11.7. The maximum atomic E-state index is 9.49. The smallest absolute Gasteiger partial charge is 0.291 e. The standard InChI is InChI=1S/C9H15BrO.HNO3/c10-8-6-4-2-1-3-5-7-9(8)11;2-1(3)4/h6,9,11H,1-5,7H2;(H,2,3,4). The van der Waals surface area contributed by atoms with E-state index >= 15 is 0 Å². The van der Waals surface area contributed by atoms with E-state index < -0.39 is 5.09 Å². The summed E-state index contributed by atoms with van der Waals surface area (Å²) in [4.78, 5) is 8.36. The summed E-state index contributed by atoms with van der Waals surface area (Å²) in [5.41, 5.74) is 0. The van der Waals surface area contributed by atoms with E-state index in [9.17, 15) is 5.11 Å². The first kappa shape index (κ1) is 14.4. The first-order valence-corrected chi connectivity index (χ1v) is 5.70. The molecule has 6 heteroatoms. The van der Waals surface area contributed by atoms with Crippen molar-refractivity contribution in [1.82, 2.24) is 0 Å². The van der Waals surface area contributed by atoms with E-state index in [1.165, 1.54) is 19.3 Å². The van der Waals surface area contributed by atoms with Gasteiger partial charge in [0.05, 0.1) is 6.10 Å². The molecule has 2 N–H and O–H groups in total. The van der Waals surface area contributed by atoms with Crippen molar-refractivity contribution in [1.29, 1.82) is 0 Å². The van der Waals surface area contributed by atoms with Crippen molar-refractivity contribution >= 4 is 15.9 Å². The van der Waals surface area contributed by atoms with Crippen molar-refractivity contribution in [3.63, 3.8) is 0 Å². The third kappa shape index (κ3) is 9.68. The Hall–Kier alpha value is -0.620. The molecule has 5 nitrogen and oxygen atoms in total. The summed E-state index contributed by atoms with van der Waals surface area (Å²) in [5, 5.41) is 23.1. The molecule has 1 aliphatic carbocycles. The van der Waals surface area contributed by atoms with Crippen LogP contribution in [0.25, 0.3) is 0 Å². The molecule has 0 radical (unpaired) electrons. The highest BCUT2D eigenvalue weighted by molar-refractivity contribution is 9.11. The van der Waals surface area contributed by atoms with Crippen LogP contribution in [0.4, 0.5) is 0 Å². The zero-order valence-corrected chi connectivity index (χ0v) is 10.0. The molecule has 15 heavy (non-hydrogen) atoms. The molecule has 0 aromatic heterocycles. The first-order valence-electron chi connectivity index (χ1n) is 4.91. The van der Waals surface area contributed by atoms with E-state index in [2.05, 4.69) is 22.0 Å². The summed E-state index contributed by atoms with van der Waals surface area (Å²) in [6.45, 7) is 0. The Morgan fingerprint density at radius 3 is 2.53 bits per heavy atom. The molecule has 0 saturated carbocycles. The van der Waals surface area contributed by atoms with Crippen LogP contribution in [-0.4, -0.2) is 21.5 Å². The number of nitrogens with zero attached hydrogens (tertiary/aromatic N) is 1. The normalized spacial score (nSPS) is 22.3. The molecular formula is C9H16BrNO4. The topological polar surface area (TPSA) is 83.6 Å². The number of aliphatic hydroxyl groups is 1. The maximum Gasteiger partial charge on any atom is 0.291 e. The van der Waals surface area contributed by atoms with E-state index in [1.54, 1.807) is 0 Å². The predicted octanol–water partition coefficient (Wildman–Crippen LogP) is 2.63. The van der Waals surface area contributed by atoms with E-state index in [0.29, 0.717) is 0 Å². The lowest BCUT2D eigenvalue weighted by molar-refractivity contribution is -0.742. The van der Waals surface area contributed by atoms with E-state index in [-0.39, 0.29) is 6.10 Å². The SMILES string of the molecule is O=[N+]([O-])O.OC1CCCCCCC=C1Br. The second kappa shape index (κ2) is 8.67. The van der Waals surface area contributed by atoms with Gasteiger partial charge in [-0.05, 0) is 19.3 Å². The van der Waals surface area contributed by atoms with Crippen LogP contribution in [0, 0.1) is 10.1 Å². The van der Waals surface area contributed by atoms with E-state index in [0.717, 1.165) is 23.7 Å². The molecule has 1 unspecified atom stereocenters. The number of hydrogen-bond acceptors (Lipinski definition) is 3. The molecule has 0 aromatic carbocycles. The fraction of sp³-hybridized carbons (Fsp3) is 0.778. The minimum Gasteiger partial charge on any atom is -0.388 e. The van der Waals surface area contributed by atoms with Crippen molar-refractivity contribution in [3.8, 4) is 0 Å². The lowest BCUT2D eigenvalue weighted by Crippen LogP contribution is -2.05. The number of hydrogen-bond donors (Lipinski definition) is 2. The van der Waals surface area contributed by atoms with Gasteiger partial charge in [0.25, 0.3) is 5.09 Å². The number of aliphatic hydroxyl groups excluding tert-OH is 1. The molecule has 1 aliphatic rings. The Balaban J connectivity index is 0.000000423. The largest absolute Gasteiger partial charge is 0.388 e. The highest BCUT2D eigenvalue weighted by Gasteiger charge is 2.08. The van der Waals surface area contributed by atoms with Gasteiger partial charge in [-0.2, -0.15) is 0 Å². The van der Waals surface area contributed by atoms with Crippen molar-refractivity contribution in [2.75, 3.05) is 0 Å². The van der Waals surface area contributed by atoms with Crippen LogP contribution < -0.4 is 0 Å². The fourth-order valence-electron chi connectivity index (χ4n) is 1.35. The molecule has 0 heterocycles. The molecular weight excluding hydrogens is 266 g/mol. The molecule has 0 amide bonds. The summed E-state index contributed by atoms with van der Waals surface area (Å²) in [6.07, 6.45) is 8.89. The Labute approximate surface area is 97.0 Å². The molecule has 1 rings (SSSR count). The van der Waals surface area contributed by atoms with Crippen LogP contribution in [0.5, 0.6) is 0 Å². The van der Waals surface area contributed by atoms with Crippen LogP contribution in [0.15, 0.2) is 10.6 Å². The van der Waals surface area contributed by atoms with Gasteiger partial charge in [0.15, 0.2) is 0 Å². The van der Waals surface area contributed by atoms with Crippen molar-refractivity contribution in [2.45, 2.75) is 44.6 Å². The second-order valence-electron chi connectivity index (χ2n) is 3.33.